The summed E-state index contributed by atoms with van der Waals surface area (Å²) >= 11 is 1.44. The minimum Gasteiger partial charge on any atom is -0.446 e. The molecule has 32 heavy (non-hydrogen) atoms. The van der Waals surface area contributed by atoms with Gasteiger partial charge in [-0.15, -0.1) is 0 Å². The summed E-state index contributed by atoms with van der Waals surface area (Å²) in [6.45, 7) is 1.81. The fraction of sp³-hybridized carbons (Fsp3) is 0.333. The molecule has 0 saturated heterocycles. The second-order valence-corrected chi connectivity index (χ2v) is 9.09. The number of carbonyl (C=O) groups is 2. The van der Waals surface area contributed by atoms with E-state index in [1.807, 2.05) is 37.3 Å². The molecule has 1 aromatic carbocycles. The highest BCUT2D eigenvalue weighted by atomic mass is 32.1. The molecule has 0 radical (unpaired) electrons. The maximum absolute atomic E-state index is 12.8. The van der Waals surface area contributed by atoms with Crippen molar-refractivity contribution in [3.63, 3.8) is 0 Å². The van der Waals surface area contributed by atoms with Crippen LogP contribution in [0.25, 0.3) is 32.4 Å². The highest BCUT2D eigenvalue weighted by molar-refractivity contribution is 7.22. The fourth-order valence-corrected chi connectivity index (χ4v) is 5.00. The molecule has 4 aromatic rings. The molecule has 5 rings (SSSR count). The van der Waals surface area contributed by atoms with E-state index in [1.54, 1.807) is 17.0 Å². The lowest BCUT2D eigenvalue weighted by Gasteiger charge is -2.21. The Morgan fingerprint density at radius 1 is 1.12 bits per heavy atom. The Morgan fingerprint density at radius 2 is 1.97 bits per heavy atom. The van der Waals surface area contributed by atoms with Crippen molar-refractivity contribution in [3.05, 3.63) is 42.7 Å². The molecule has 1 fully saturated rings. The maximum atomic E-state index is 12.8. The van der Waals surface area contributed by atoms with Gasteiger partial charge in [0.1, 0.15) is 6.10 Å². The molecule has 0 bridgehead atoms. The van der Waals surface area contributed by atoms with Crippen LogP contribution in [0, 0.1) is 0 Å². The molecule has 3 heterocycles. The first kappa shape index (κ1) is 20.6. The number of thiazole rings is 1. The maximum Gasteiger partial charge on any atom is 0.418 e. The predicted molar refractivity (Wildman–Crippen MR) is 126 cm³/mol. The van der Waals surface area contributed by atoms with Gasteiger partial charge in [-0.1, -0.05) is 30.7 Å². The zero-order chi connectivity index (χ0) is 22.1. The fourth-order valence-electron chi connectivity index (χ4n) is 4.08. The average Bonchev–Trinajstić information content (AvgIpc) is 3.42. The van der Waals surface area contributed by atoms with Crippen molar-refractivity contribution in [2.45, 2.75) is 51.6 Å². The Labute approximate surface area is 189 Å². The summed E-state index contributed by atoms with van der Waals surface area (Å²) in [6.07, 6.45) is 8.90. The number of benzene rings is 1. The molecular weight excluding hydrogens is 424 g/mol. The number of pyridine rings is 1. The number of amides is 1. The summed E-state index contributed by atoms with van der Waals surface area (Å²) in [6, 6.07) is 9.74. The van der Waals surface area contributed by atoms with Gasteiger partial charge in [0, 0.05) is 24.4 Å². The Morgan fingerprint density at radius 3 is 2.78 bits per heavy atom. The van der Waals surface area contributed by atoms with Crippen LogP contribution < -0.4 is 5.32 Å². The Bertz CT molecular complexity index is 1300. The number of nitrogens with one attached hydrogen (secondary N) is 1. The number of aromatic nitrogens is 3. The van der Waals surface area contributed by atoms with Gasteiger partial charge < -0.3 is 10.1 Å². The topological polar surface area (TPSA) is 86.1 Å². The molecule has 7 nitrogen and oxygen atoms in total. The Kier molecular flexibility index (Phi) is 5.61. The van der Waals surface area contributed by atoms with Crippen LogP contribution in [0.2, 0.25) is 0 Å². The van der Waals surface area contributed by atoms with Crippen LogP contribution in [-0.4, -0.2) is 32.6 Å². The number of hydrogen-bond donors (Lipinski definition) is 1. The smallest absolute Gasteiger partial charge is 0.418 e. The Balaban J connectivity index is 1.43. The van der Waals surface area contributed by atoms with E-state index < -0.39 is 0 Å². The lowest BCUT2D eigenvalue weighted by molar-refractivity contribution is -0.115. The zero-order valence-corrected chi connectivity index (χ0v) is 18.7. The molecule has 1 amide bonds. The van der Waals surface area contributed by atoms with E-state index in [0.29, 0.717) is 11.6 Å². The summed E-state index contributed by atoms with van der Waals surface area (Å²) in [7, 11) is 0. The molecule has 1 N–H and O–H groups in total. The van der Waals surface area contributed by atoms with Gasteiger partial charge in [0.25, 0.3) is 0 Å². The number of rotatable bonds is 4. The van der Waals surface area contributed by atoms with Gasteiger partial charge in [0.05, 0.1) is 21.3 Å². The molecule has 8 heteroatoms. The van der Waals surface area contributed by atoms with Crippen molar-refractivity contribution in [1.29, 1.82) is 0 Å². The Hall–Kier alpha value is -3.26. The standard InChI is InChI=1S/C24H24N4O3S/c1-2-22(29)27-23-26-19-9-8-15(13-21(19)32-23)16-12-20-18(25-14-16)10-11-28(20)24(30)31-17-6-4-3-5-7-17/h8-14,17H,2-7H2,1H3,(H,26,27,29). The predicted octanol–water partition coefficient (Wildman–Crippen LogP) is 5.98. The van der Waals surface area contributed by atoms with E-state index in [9.17, 15) is 9.59 Å². The van der Waals surface area contributed by atoms with Crippen molar-refractivity contribution in [1.82, 2.24) is 14.5 Å². The second kappa shape index (κ2) is 8.70. The SMILES string of the molecule is CCC(=O)Nc1nc2ccc(-c3cnc4ccn(C(=O)OC5CCCCC5)c4c3)cc2s1. The number of fused-ring (bicyclic) bond motifs is 2. The quantitative estimate of drug-likeness (QED) is 0.415. The molecule has 1 aliphatic carbocycles. The van der Waals surface area contributed by atoms with Gasteiger partial charge in [-0.3, -0.25) is 14.3 Å². The zero-order valence-electron chi connectivity index (χ0n) is 17.8. The third-order valence-corrected chi connectivity index (χ3v) is 6.78. The number of carbonyl (C=O) groups excluding carboxylic acids is 2. The normalized spacial score (nSPS) is 14.7. The summed E-state index contributed by atoms with van der Waals surface area (Å²) in [5.41, 5.74) is 4.18. The van der Waals surface area contributed by atoms with Crippen LogP contribution in [0.4, 0.5) is 9.93 Å². The van der Waals surface area contributed by atoms with Gasteiger partial charge in [0.2, 0.25) is 5.91 Å². The number of ether oxygens (including phenoxy) is 1. The summed E-state index contributed by atoms with van der Waals surface area (Å²) in [4.78, 5) is 33.5. The van der Waals surface area contributed by atoms with Crippen molar-refractivity contribution in [3.8, 4) is 11.1 Å². The van der Waals surface area contributed by atoms with E-state index in [-0.39, 0.29) is 18.1 Å². The van der Waals surface area contributed by atoms with Crippen molar-refractivity contribution in [2.24, 2.45) is 0 Å². The van der Waals surface area contributed by atoms with Crippen molar-refractivity contribution in [2.75, 3.05) is 5.32 Å². The lowest BCUT2D eigenvalue weighted by Crippen LogP contribution is -2.23. The van der Waals surface area contributed by atoms with E-state index in [0.717, 1.165) is 58.1 Å². The lowest BCUT2D eigenvalue weighted by atomic mass is 9.98. The molecule has 0 aliphatic heterocycles. The number of hydrogen-bond acceptors (Lipinski definition) is 6. The summed E-state index contributed by atoms with van der Waals surface area (Å²) in [5.74, 6) is -0.0557. The van der Waals surface area contributed by atoms with E-state index in [2.05, 4.69) is 15.3 Å². The van der Waals surface area contributed by atoms with Gasteiger partial charge in [-0.2, -0.15) is 0 Å². The first-order valence-corrected chi connectivity index (χ1v) is 11.8. The van der Waals surface area contributed by atoms with E-state index in [4.69, 9.17) is 4.74 Å². The highest BCUT2D eigenvalue weighted by Gasteiger charge is 2.20. The molecule has 0 unspecified atom stereocenters. The molecule has 0 spiro atoms. The van der Waals surface area contributed by atoms with E-state index in [1.165, 1.54) is 17.8 Å². The van der Waals surface area contributed by atoms with Gasteiger partial charge in [-0.25, -0.2) is 9.78 Å². The van der Waals surface area contributed by atoms with Crippen LogP contribution in [0.15, 0.2) is 42.7 Å². The number of nitrogens with zero attached hydrogens (tertiary/aromatic N) is 3. The van der Waals surface area contributed by atoms with Gasteiger partial charge in [0.15, 0.2) is 5.13 Å². The van der Waals surface area contributed by atoms with Crippen LogP contribution in [0.3, 0.4) is 0 Å². The average molecular weight is 449 g/mol. The van der Waals surface area contributed by atoms with Crippen molar-refractivity contribution >= 4 is 49.7 Å². The molecule has 1 saturated carbocycles. The third-order valence-electron chi connectivity index (χ3n) is 5.84. The van der Waals surface area contributed by atoms with Gasteiger partial charge >= 0.3 is 6.09 Å². The minimum atomic E-state index is -0.347. The summed E-state index contributed by atoms with van der Waals surface area (Å²) < 4.78 is 8.26. The molecule has 0 atom stereocenters. The second-order valence-electron chi connectivity index (χ2n) is 8.06. The monoisotopic (exact) mass is 448 g/mol. The number of anilines is 1. The molecular formula is C24H24N4O3S. The van der Waals surface area contributed by atoms with Crippen LogP contribution in [0.1, 0.15) is 45.4 Å². The molecule has 1 aliphatic rings. The van der Waals surface area contributed by atoms with E-state index >= 15 is 0 Å². The largest absolute Gasteiger partial charge is 0.446 e. The first-order chi connectivity index (χ1) is 15.6. The molecule has 164 valence electrons. The third kappa shape index (κ3) is 4.10. The van der Waals surface area contributed by atoms with Crippen LogP contribution >= 0.6 is 11.3 Å². The first-order valence-electron chi connectivity index (χ1n) is 11.0. The summed E-state index contributed by atoms with van der Waals surface area (Å²) in [5, 5.41) is 3.41. The van der Waals surface area contributed by atoms with Crippen LogP contribution in [-0.2, 0) is 9.53 Å². The van der Waals surface area contributed by atoms with Gasteiger partial charge in [-0.05, 0) is 55.5 Å². The minimum absolute atomic E-state index is 0.000901. The molecule has 3 aromatic heterocycles. The van der Waals surface area contributed by atoms with Crippen molar-refractivity contribution < 1.29 is 14.3 Å². The van der Waals surface area contributed by atoms with Crippen LogP contribution in [0.5, 0.6) is 0 Å². The highest BCUT2D eigenvalue weighted by Crippen LogP contribution is 2.31.